The summed E-state index contributed by atoms with van der Waals surface area (Å²) in [5, 5.41) is 14.4. The van der Waals surface area contributed by atoms with Crippen LogP contribution in [0.1, 0.15) is 22.8 Å². The van der Waals surface area contributed by atoms with Crippen molar-refractivity contribution in [1.82, 2.24) is 4.72 Å². The summed E-state index contributed by atoms with van der Waals surface area (Å²) in [7, 11) is -3.67. The third-order valence-corrected chi connectivity index (χ3v) is 6.50. The Morgan fingerprint density at radius 1 is 1.04 bits per heavy atom. The smallest absolute Gasteiger partial charge is 0.240 e. The van der Waals surface area contributed by atoms with Crippen LogP contribution in [0.5, 0.6) is 0 Å². The molecule has 4 nitrogen and oxygen atoms in total. The van der Waals surface area contributed by atoms with E-state index in [1.165, 1.54) is 0 Å². The Morgan fingerprint density at radius 3 is 2.42 bits per heavy atom. The van der Waals surface area contributed by atoms with Crippen molar-refractivity contribution in [3.63, 3.8) is 0 Å². The minimum Gasteiger partial charge on any atom is -0.387 e. The molecule has 0 radical (unpaired) electrons. The average Bonchev–Trinajstić information content (AvgIpc) is 3.16. The molecule has 6 heteroatoms. The molecule has 1 aromatic heterocycles. The van der Waals surface area contributed by atoms with E-state index in [0.29, 0.717) is 11.1 Å². The summed E-state index contributed by atoms with van der Waals surface area (Å²) in [5.74, 6) is 0. The van der Waals surface area contributed by atoms with Crippen molar-refractivity contribution >= 4 is 21.4 Å². The van der Waals surface area contributed by atoms with Crippen LogP contribution < -0.4 is 4.72 Å². The van der Waals surface area contributed by atoms with E-state index in [2.05, 4.69) is 10.1 Å². The molecule has 136 valence electrons. The second kappa shape index (κ2) is 7.72. The molecule has 0 unspecified atom stereocenters. The van der Waals surface area contributed by atoms with Gasteiger partial charge >= 0.3 is 0 Å². The normalized spacial score (nSPS) is 12.9. The van der Waals surface area contributed by atoms with Gasteiger partial charge in [-0.3, -0.25) is 0 Å². The van der Waals surface area contributed by atoms with Gasteiger partial charge in [0.1, 0.15) is 0 Å². The summed E-state index contributed by atoms with van der Waals surface area (Å²) in [6, 6.07) is 14.8. The molecule has 0 aliphatic heterocycles. The lowest BCUT2D eigenvalue weighted by atomic mass is 10.0. The molecule has 0 fully saturated rings. The summed E-state index contributed by atoms with van der Waals surface area (Å²) in [6.07, 6.45) is -0.911. The maximum absolute atomic E-state index is 12.5. The molecule has 0 spiro atoms. The van der Waals surface area contributed by atoms with Gasteiger partial charge in [-0.1, -0.05) is 36.4 Å². The Labute approximate surface area is 158 Å². The van der Waals surface area contributed by atoms with E-state index in [1.807, 2.05) is 48.7 Å². The van der Waals surface area contributed by atoms with Crippen LogP contribution in [0.3, 0.4) is 0 Å². The highest BCUT2D eigenvalue weighted by molar-refractivity contribution is 7.89. The van der Waals surface area contributed by atoms with Crippen LogP contribution in [0.4, 0.5) is 0 Å². The first-order valence-corrected chi connectivity index (χ1v) is 10.7. The summed E-state index contributed by atoms with van der Waals surface area (Å²) in [4.78, 5) is 0.248. The summed E-state index contributed by atoms with van der Waals surface area (Å²) in [5.41, 5.74) is 4.43. The number of hydrogen-bond donors (Lipinski definition) is 2. The number of aryl methyl sites for hydroxylation is 2. The van der Waals surface area contributed by atoms with E-state index in [-0.39, 0.29) is 11.4 Å². The minimum absolute atomic E-state index is 0.0759. The van der Waals surface area contributed by atoms with Gasteiger partial charge in [0.15, 0.2) is 0 Å². The SMILES string of the molecule is Cc1ccc(C)c(S(=O)(=O)NC[C@@H](O)c2ccc(-c3ccsc3)cc2)c1. The van der Waals surface area contributed by atoms with Crippen LogP contribution in [0, 0.1) is 13.8 Å². The molecule has 1 heterocycles. The summed E-state index contributed by atoms with van der Waals surface area (Å²) < 4.78 is 27.6. The molecule has 0 saturated heterocycles. The zero-order valence-electron chi connectivity index (χ0n) is 14.6. The lowest BCUT2D eigenvalue weighted by molar-refractivity contribution is 0.182. The first-order valence-electron chi connectivity index (χ1n) is 8.24. The number of thiophene rings is 1. The Morgan fingerprint density at radius 2 is 1.77 bits per heavy atom. The lowest BCUT2D eigenvalue weighted by Gasteiger charge is -2.14. The third-order valence-electron chi connectivity index (χ3n) is 4.25. The van der Waals surface area contributed by atoms with Crippen molar-refractivity contribution in [3.8, 4) is 11.1 Å². The largest absolute Gasteiger partial charge is 0.387 e. The number of sulfonamides is 1. The number of aliphatic hydroxyl groups is 1. The van der Waals surface area contributed by atoms with Crippen molar-refractivity contribution in [2.75, 3.05) is 6.54 Å². The standard InChI is InChI=1S/C20H21NO3S2/c1-14-3-4-15(2)20(11-14)26(23,24)21-12-19(22)17-7-5-16(6-8-17)18-9-10-25-13-18/h3-11,13,19,21-22H,12H2,1-2H3/t19-/m1/s1. The highest BCUT2D eigenvalue weighted by atomic mass is 32.2. The van der Waals surface area contributed by atoms with Gasteiger partial charge in [-0.25, -0.2) is 13.1 Å². The zero-order valence-corrected chi connectivity index (χ0v) is 16.3. The van der Waals surface area contributed by atoms with Crippen LogP contribution in [-0.4, -0.2) is 20.1 Å². The van der Waals surface area contributed by atoms with Crippen LogP contribution in [-0.2, 0) is 10.0 Å². The Hall–Kier alpha value is -1.99. The monoisotopic (exact) mass is 387 g/mol. The van der Waals surface area contributed by atoms with Gasteiger partial charge in [0.2, 0.25) is 10.0 Å². The highest BCUT2D eigenvalue weighted by Crippen LogP contribution is 2.24. The summed E-state index contributed by atoms with van der Waals surface area (Å²) >= 11 is 1.63. The molecule has 1 atom stereocenters. The van der Waals surface area contributed by atoms with E-state index in [4.69, 9.17) is 0 Å². The predicted octanol–water partition coefficient (Wildman–Crippen LogP) is 4.04. The molecule has 0 aliphatic carbocycles. The quantitative estimate of drug-likeness (QED) is 0.671. The van der Waals surface area contributed by atoms with Gasteiger partial charge in [-0.2, -0.15) is 11.3 Å². The molecule has 0 saturated carbocycles. The topological polar surface area (TPSA) is 66.4 Å². The molecule has 0 amide bonds. The van der Waals surface area contributed by atoms with Crippen molar-refractivity contribution in [2.45, 2.75) is 24.8 Å². The third kappa shape index (κ3) is 4.22. The van der Waals surface area contributed by atoms with Gasteiger partial charge in [0, 0.05) is 6.54 Å². The molecular formula is C20H21NO3S2. The fourth-order valence-corrected chi connectivity index (χ4v) is 4.74. The van der Waals surface area contributed by atoms with Crippen molar-refractivity contribution < 1.29 is 13.5 Å². The minimum atomic E-state index is -3.67. The van der Waals surface area contributed by atoms with Crippen molar-refractivity contribution in [3.05, 3.63) is 76.0 Å². The van der Waals surface area contributed by atoms with Crippen molar-refractivity contribution in [1.29, 1.82) is 0 Å². The fourth-order valence-electron chi connectivity index (χ4n) is 2.71. The zero-order chi connectivity index (χ0) is 18.7. The maximum Gasteiger partial charge on any atom is 0.240 e. The molecule has 26 heavy (non-hydrogen) atoms. The molecular weight excluding hydrogens is 366 g/mol. The number of benzene rings is 2. The first kappa shape index (κ1) is 18.8. The molecule has 2 N–H and O–H groups in total. The van der Waals surface area contributed by atoms with E-state index >= 15 is 0 Å². The van der Waals surface area contributed by atoms with E-state index in [1.54, 1.807) is 30.4 Å². The molecule has 3 aromatic rings. The second-order valence-corrected chi connectivity index (χ2v) is 8.79. The molecule has 2 aromatic carbocycles. The fraction of sp³-hybridized carbons (Fsp3) is 0.200. The van der Waals surface area contributed by atoms with E-state index in [9.17, 15) is 13.5 Å². The number of nitrogens with one attached hydrogen (secondary N) is 1. The van der Waals surface area contributed by atoms with Crippen LogP contribution in [0.25, 0.3) is 11.1 Å². The average molecular weight is 388 g/mol. The van der Waals surface area contributed by atoms with Gasteiger partial charge in [0.25, 0.3) is 0 Å². The Balaban J connectivity index is 1.70. The maximum atomic E-state index is 12.5. The van der Waals surface area contributed by atoms with Crippen LogP contribution >= 0.6 is 11.3 Å². The van der Waals surface area contributed by atoms with E-state index in [0.717, 1.165) is 16.7 Å². The highest BCUT2D eigenvalue weighted by Gasteiger charge is 2.19. The van der Waals surface area contributed by atoms with Crippen LogP contribution in [0.15, 0.2) is 64.2 Å². The van der Waals surface area contributed by atoms with Gasteiger partial charge in [-0.15, -0.1) is 0 Å². The molecule has 0 bridgehead atoms. The number of aliphatic hydroxyl groups excluding tert-OH is 1. The van der Waals surface area contributed by atoms with Gasteiger partial charge in [-0.05, 0) is 64.6 Å². The first-order chi connectivity index (χ1) is 12.4. The number of rotatable bonds is 6. The lowest BCUT2D eigenvalue weighted by Crippen LogP contribution is -2.29. The molecule has 0 aliphatic rings. The number of hydrogen-bond acceptors (Lipinski definition) is 4. The molecule has 3 rings (SSSR count). The van der Waals surface area contributed by atoms with Gasteiger partial charge in [0.05, 0.1) is 11.0 Å². The Bertz CT molecular complexity index is 978. The Kier molecular flexibility index (Phi) is 5.58. The van der Waals surface area contributed by atoms with Crippen molar-refractivity contribution in [2.24, 2.45) is 0 Å². The van der Waals surface area contributed by atoms with Gasteiger partial charge < -0.3 is 5.11 Å². The second-order valence-electron chi connectivity index (χ2n) is 6.27. The van der Waals surface area contributed by atoms with Crippen LogP contribution in [0.2, 0.25) is 0 Å². The predicted molar refractivity (Wildman–Crippen MR) is 106 cm³/mol. The summed E-state index contributed by atoms with van der Waals surface area (Å²) in [6.45, 7) is 3.53. The van der Waals surface area contributed by atoms with E-state index < -0.39 is 16.1 Å².